The van der Waals surface area contributed by atoms with Crippen LogP contribution >= 0.6 is 11.6 Å². The first-order chi connectivity index (χ1) is 9.67. The van der Waals surface area contributed by atoms with Crippen molar-refractivity contribution < 1.29 is 19.0 Å². The average Bonchev–Trinajstić information content (AvgIpc) is 2.47. The van der Waals surface area contributed by atoms with E-state index in [1.165, 1.54) is 13.2 Å². The lowest BCUT2D eigenvalue weighted by Gasteiger charge is -2.13. The molecule has 0 saturated carbocycles. The van der Waals surface area contributed by atoms with Gasteiger partial charge in [0.05, 0.1) is 18.7 Å². The van der Waals surface area contributed by atoms with E-state index < -0.39 is 5.82 Å². The van der Waals surface area contributed by atoms with Gasteiger partial charge in [-0.3, -0.25) is 0 Å². The summed E-state index contributed by atoms with van der Waals surface area (Å²) >= 11 is 6.02. The van der Waals surface area contributed by atoms with Crippen molar-refractivity contribution in [2.45, 2.75) is 13.2 Å². The fraction of sp³-hybridized carbons (Fsp3) is 0.200. The van der Waals surface area contributed by atoms with Crippen LogP contribution in [0.1, 0.15) is 11.1 Å². The number of halogens is 2. The SMILES string of the molecule is COc1cccc(COc2c(Cl)cccc2CO)c1F. The van der Waals surface area contributed by atoms with Gasteiger partial charge in [0.2, 0.25) is 0 Å². The lowest BCUT2D eigenvalue weighted by Crippen LogP contribution is -2.02. The van der Waals surface area contributed by atoms with Crippen molar-refractivity contribution in [1.82, 2.24) is 0 Å². The number of methoxy groups -OCH3 is 1. The van der Waals surface area contributed by atoms with Crippen molar-refractivity contribution >= 4 is 11.6 Å². The summed E-state index contributed by atoms with van der Waals surface area (Å²) in [5.41, 5.74) is 0.911. The van der Waals surface area contributed by atoms with E-state index >= 15 is 0 Å². The van der Waals surface area contributed by atoms with Crippen molar-refractivity contribution in [3.63, 3.8) is 0 Å². The van der Waals surface area contributed by atoms with Gasteiger partial charge in [0.1, 0.15) is 12.4 Å². The highest BCUT2D eigenvalue weighted by atomic mass is 35.5. The molecule has 3 nitrogen and oxygen atoms in total. The van der Waals surface area contributed by atoms with Crippen LogP contribution in [0, 0.1) is 5.82 Å². The fourth-order valence-electron chi connectivity index (χ4n) is 1.81. The summed E-state index contributed by atoms with van der Waals surface area (Å²) in [6, 6.07) is 9.88. The van der Waals surface area contributed by atoms with Crippen LogP contribution < -0.4 is 9.47 Å². The number of hydrogen-bond donors (Lipinski definition) is 1. The Morgan fingerprint density at radius 3 is 2.55 bits per heavy atom. The van der Waals surface area contributed by atoms with Crippen LogP contribution in [0.25, 0.3) is 0 Å². The second-order valence-electron chi connectivity index (χ2n) is 4.11. The minimum atomic E-state index is -0.465. The molecule has 0 aliphatic rings. The van der Waals surface area contributed by atoms with Crippen LogP contribution in [0.5, 0.6) is 11.5 Å². The van der Waals surface area contributed by atoms with Crippen molar-refractivity contribution in [2.75, 3.05) is 7.11 Å². The van der Waals surface area contributed by atoms with Gasteiger partial charge in [-0.1, -0.05) is 35.9 Å². The fourth-order valence-corrected chi connectivity index (χ4v) is 2.06. The van der Waals surface area contributed by atoms with E-state index in [2.05, 4.69) is 0 Å². The summed E-state index contributed by atoms with van der Waals surface area (Å²) in [5.74, 6) is 0.0547. The third-order valence-corrected chi connectivity index (χ3v) is 3.15. The molecule has 5 heteroatoms. The predicted molar refractivity (Wildman–Crippen MR) is 74.7 cm³/mol. The van der Waals surface area contributed by atoms with Crippen LogP contribution in [0.2, 0.25) is 5.02 Å². The van der Waals surface area contributed by atoms with Crippen molar-refractivity contribution in [3.8, 4) is 11.5 Å². The average molecular weight is 297 g/mol. The van der Waals surface area contributed by atoms with E-state index in [0.717, 1.165) is 0 Å². The van der Waals surface area contributed by atoms with Crippen LogP contribution in [0.4, 0.5) is 4.39 Å². The van der Waals surface area contributed by atoms with E-state index in [-0.39, 0.29) is 19.0 Å². The molecular formula is C15H14ClFO3. The molecule has 0 amide bonds. The summed E-state index contributed by atoms with van der Waals surface area (Å²) in [4.78, 5) is 0. The number of hydrogen-bond acceptors (Lipinski definition) is 3. The largest absolute Gasteiger partial charge is 0.494 e. The Kier molecular flexibility index (Phi) is 4.82. The highest BCUT2D eigenvalue weighted by Crippen LogP contribution is 2.30. The highest BCUT2D eigenvalue weighted by molar-refractivity contribution is 6.32. The molecule has 0 spiro atoms. The zero-order valence-corrected chi connectivity index (χ0v) is 11.7. The summed E-state index contributed by atoms with van der Waals surface area (Å²) < 4.78 is 24.4. The number of para-hydroxylation sites is 1. The molecule has 0 aromatic heterocycles. The van der Waals surface area contributed by atoms with Gasteiger partial charge in [-0.15, -0.1) is 0 Å². The monoisotopic (exact) mass is 296 g/mol. The van der Waals surface area contributed by atoms with Gasteiger partial charge in [-0.2, -0.15) is 0 Å². The third kappa shape index (κ3) is 3.03. The molecule has 2 aromatic rings. The molecule has 20 heavy (non-hydrogen) atoms. The second-order valence-corrected chi connectivity index (χ2v) is 4.52. The van der Waals surface area contributed by atoms with Gasteiger partial charge in [0.15, 0.2) is 11.6 Å². The van der Waals surface area contributed by atoms with E-state index in [4.69, 9.17) is 21.1 Å². The van der Waals surface area contributed by atoms with Crippen LogP contribution in [0.15, 0.2) is 36.4 Å². The standard InChI is InChI=1S/C15H14ClFO3/c1-19-13-7-3-5-11(14(13)17)9-20-15-10(8-18)4-2-6-12(15)16/h2-7,18H,8-9H2,1H3. The Labute approximate surface area is 121 Å². The molecule has 2 aromatic carbocycles. The maximum Gasteiger partial charge on any atom is 0.171 e. The second kappa shape index (κ2) is 6.59. The van der Waals surface area contributed by atoms with Crippen LogP contribution in [-0.4, -0.2) is 12.2 Å². The molecular weight excluding hydrogens is 283 g/mol. The van der Waals surface area contributed by atoms with E-state index in [1.807, 2.05) is 0 Å². The van der Waals surface area contributed by atoms with Crippen LogP contribution in [-0.2, 0) is 13.2 Å². The molecule has 0 aliphatic carbocycles. The topological polar surface area (TPSA) is 38.7 Å². The van der Waals surface area contributed by atoms with Gasteiger partial charge in [-0.05, 0) is 12.1 Å². The molecule has 0 aliphatic heterocycles. The zero-order valence-electron chi connectivity index (χ0n) is 10.9. The van der Waals surface area contributed by atoms with Crippen molar-refractivity contribution in [2.24, 2.45) is 0 Å². The third-order valence-electron chi connectivity index (χ3n) is 2.85. The van der Waals surface area contributed by atoms with Crippen molar-refractivity contribution in [1.29, 1.82) is 0 Å². The Morgan fingerprint density at radius 2 is 1.85 bits per heavy atom. The van der Waals surface area contributed by atoms with E-state index in [9.17, 15) is 9.50 Å². The molecule has 106 valence electrons. The normalized spacial score (nSPS) is 10.4. The lowest BCUT2D eigenvalue weighted by molar-refractivity contribution is 0.256. The Bertz CT molecular complexity index is 602. The maximum atomic E-state index is 14.0. The molecule has 0 unspecified atom stereocenters. The minimum Gasteiger partial charge on any atom is -0.494 e. The molecule has 0 radical (unpaired) electrons. The molecule has 1 N–H and O–H groups in total. The first-order valence-corrected chi connectivity index (χ1v) is 6.37. The first kappa shape index (κ1) is 14.6. The summed E-state index contributed by atoms with van der Waals surface area (Å²) in [6.07, 6.45) is 0. The van der Waals surface area contributed by atoms with Crippen LogP contribution in [0.3, 0.4) is 0 Å². The van der Waals surface area contributed by atoms with Gasteiger partial charge in [0.25, 0.3) is 0 Å². The summed E-state index contributed by atoms with van der Waals surface area (Å²) in [6.45, 7) is -0.198. The molecule has 0 heterocycles. The maximum absolute atomic E-state index is 14.0. The van der Waals surface area contributed by atoms with Gasteiger partial charge in [-0.25, -0.2) is 4.39 Å². The summed E-state index contributed by atoms with van der Waals surface area (Å²) in [5, 5.41) is 9.62. The molecule has 0 saturated heterocycles. The van der Waals surface area contributed by atoms with Gasteiger partial charge < -0.3 is 14.6 Å². The van der Waals surface area contributed by atoms with Crippen molar-refractivity contribution in [3.05, 3.63) is 58.4 Å². The Balaban J connectivity index is 2.21. The molecule has 0 bridgehead atoms. The van der Waals surface area contributed by atoms with Gasteiger partial charge >= 0.3 is 0 Å². The summed E-state index contributed by atoms with van der Waals surface area (Å²) in [7, 11) is 1.40. The van der Waals surface area contributed by atoms with Gasteiger partial charge in [0, 0.05) is 11.1 Å². The highest BCUT2D eigenvalue weighted by Gasteiger charge is 2.12. The molecule has 0 fully saturated rings. The predicted octanol–water partition coefficient (Wildman–Crippen LogP) is 3.56. The zero-order chi connectivity index (χ0) is 14.5. The number of aliphatic hydroxyl groups is 1. The number of rotatable bonds is 5. The van der Waals surface area contributed by atoms with E-state index in [0.29, 0.717) is 21.9 Å². The molecule has 0 atom stereocenters. The Morgan fingerprint density at radius 1 is 1.15 bits per heavy atom. The van der Waals surface area contributed by atoms with E-state index in [1.54, 1.807) is 30.3 Å². The minimum absolute atomic E-state index is 0.000231. The molecule has 2 rings (SSSR count). The number of ether oxygens (including phenoxy) is 2. The Hall–Kier alpha value is -1.78. The number of aliphatic hydroxyl groups excluding tert-OH is 1. The number of benzene rings is 2. The smallest absolute Gasteiger partial charge is 0.171 e. The first-order valence-electron chi connectivity index (χ1n) is 5.99. The quantitative estimate of drug-likeness (QED) is 0.917. The lowest BCUT2D eigenvalue weighted by atomic mass is 10.2.